The van der Waals surface area contributed by atoms with Crippen LogP contribution in [0.4, 0.5) is 36.4 Å². The van der Waals surface area contributed by atoms with Crippen LogP contribution in [0.5, 0.6) is 5.75 Å². The molecule has 0 spiro atoms. The first-order valence-electron chi connectivity index (χ1n) is 13.6. The van der Waals surface area contributed by atoms with Crippen molar-refractivity contribution >= 4 is 21.5 Å². The number of halogens is 7. The van der Waals surface area contributed by atoms with Gasteiger partial charge in [-0.15, -0.1) is 0 Å². The number of carboxylic acids is 1. The molecule has 2 aromatic rings. The molecular formula is C28H31F7N2O5S. The van der Waals surface area contributed by atoms with Crippen molar-refractivity contribution in [3.05, 3.63) is 47.3 Å². The second-order valence-electron chi connectivity index (χ2n) is 11.3. The lowest BCUT2D eigenvalue weighted by Gasteiger charge is -2.40. The van der Waals surface area contributed by atoms with Crippen LogP contribution in [0.2, 0.25) is 0 Å². The molecule has 0 amide bonds. The summed E-state index contributed by atoms with van der Waals surface area (Å²) in [6, 6.07) is 3.18. The summed E-state index contributed by atoms with van der Waals surface area (Å²) < 4.78 is 132. The Bertz CT molecular complexity index is 1450. The minimum atomic E-state index is -5.06. The molecule has 1 aromatic heterocycles. The molecule has 1 aromatic carbocycles. The Morgan fingerprint density at radius 1 is 1.16 bits per heavy atom. The Balaban J connectivity index is 1.84. The monoisotopic (exact) mass is 640 g/mol. The molecule has 1 aliphatic carbocycles. The highest BCUT2D eigenvalue weighted by molar-refractivity contribution is 7.92. The third-order valence-corrected chi connectivity index (χ3v) is 10.4. The average Bonchev–Trinajstić information content (AvgIpc) is 2.98. The summed E-state index contributed by atoms with van der Waals surface area (Å²) in [5.41, 5.74) is -2.26. The number of aromatic carboxylic acids is 1. The van der Waals surface area contributed by atoms with E-state index in [4.69, 9.17) is 4.74 Å². The highest BCUT2D eigenvalue weighted by Crippen LogP contribution is 2.48. The van der Waals surface area contributed by atoms with Crippen molar-refractivity contribution in [1.82, 2.24) is 4.98 Å². The molecule has 2 aliphatic rings. The number of rotatable bonds is 8. The molecule has 15 heteroatoms. The molecule has 0 radical (unpaired) electrons. The molecule has 2 atom stereocenters. The van der Waals surface area contributed by atoms with Gasteiger partial charge in [0.1, 0.15) is 12.4 Å². The summed E-state index contributed by atoms with van der Waals surface area (Å²) >= 11 is 0. The maximum absolute atomic E-state index is 14.4. The van der Waals surface area contributed by atoms with Crippen molar-refractivity contribution in [1.29, 1.82) is 0 Å². The number of hydrogen-bond acceptors (Lipinski definition) is 6. The summed E-state index contributed by atoms with van der Waals surface area (Å²) in [6.45, 7) is 1.05. The van der Waals surface area contributed by atoms with Crippen LogP contribution in [0.1, 0.15) is 74.0 Å². The predicted molar refractivity (Wildman–Crippen MR) is 142 cm³/mol. The van der Waals surface area contributed by atoms with E-state index < -0.39 is 98.8 Å². The first kappa shape index (κ1) is 32.8. The van der Waals surface area contributed by atoms with Gasteiger partial charge in [-0.2, -0.15) is 13.2 Å². The number of hydrogen-bond donors (Lipinski definition) is 1. The van der Waals surface area contributed by atoms with E-state index in [0.717, 1.165) is 0 Å². The minimum absolute atomic E-state index is 0.0698. The van der Waals surface area contributed by atoms with E-state index in [-0.39, 0.29) is 37.1 Å². The lowest BCUT2D eigenvalue weighted by molar-refractivity contribution is -0.139. The Kier molecular flexibility index (Phi) is 8.98. The number of sulfone groups is 1. The van der Waals surface area contributed by atoms with Gasteiger partial charge < -0.3 is 14.7 Å². The van der Waals surface area contributed by atoms with Crippen LogP contribution in [0.25, 0.3) is 0 Å². The molecule has 0 saturated heterocycles. The molecule has 1 N–H and O–H groups in total. The maximum Gasteiger partial charge on any atom is 0.420 e. The van der Waals surface area contributed by atoms with E-state index in [0.29, 0.717) is 19.1 Å². The van der Waals surface area contributed by atoms with Gasteiger partial charge in [0.2, 0.25) is 11.8 Å². The lowest BCUT2D eigenvalue weighted by Crippen LogP contribution is -2.44. The number of fused-ring (bicyclic) bond motifs is 1. The number of pyridine rings is 1. The molecule has 4 rings (SSSR count). The largest absolute Gasteiger partial charge is 0.488 e. The van der Waals surface area contributed by atoms with Gasteiger partial charge in [0.05, 0.1) is 21.4 Å². The van der Waals surface area contributed by atoms with Crippen LogP contribution in [0, 0.1) is 5.92 Å². The fourth-order valence-electron chi connectivity index (χ4n) is 5.65. The summed E-state index contributed by atoms with van der Waals surface area (Å²) in [4.78, 5) is 16.0. The fourth-order valence-corrected chi connectivity index (χ4v) is 7.51. The first-order valence-corrected chi connectivity index (χ1v) is 15.2. The number of alkyl halides is 7. The molecular weight excluding hydrogens is 609 g/mol. The molecule has 1 saturated carbocycles. The van der Waals surface area contributed by atoms with Crippen molar-refractivity contribution < 1.29 is 53.8 Å². The molecule has 2 heterocycles. The summed E-state index contributed by atoms with van der Waals surface area (Å²) in [7, 11) is -4.45. The number of nitrogens with zero attached hydrogens (tertiary/aromatic N) is 2. The van der Waals surface area contributed by atoms with E-state index in [9.17, 15) is 49.1 Å². The van der Waals surface area contributed by atoms with Gasteiger partial charge in [-0.3, -0.25) is 0 Å². The van der Waals surface area contributed by atoms with Gasteiger partial charge in [-0.25, -0.2) is 35.8 Å². The Morgan fingerprint density at radius 2 is 1.81 bits per heavy atom. The number of anilines is 1. The van der Waals surface area contributed by atoms with E-state index in [1.165, 1.54) is 30.2 Å². The lowest BCUT2D eigenvalue weighted by atomic mass is 9.89. The average molecular weight is 641 g/mol. The smallest absolute Gasteiger partial charge is 0.420 e. The third kappa shape index (κ3) is 7.35. The van der Waals surface area contributed by atoms with Crippen LogP contribution in [-0.4, -0.2) is 54.2 Å². The zero-order chi connectivity index (χ0) is 32.0. The zero-order valence-electron chi connectivity index (χ0n) is 23.3. The van der Waals surface area contributed by atoms with Crippen molar-refractivity contribution in [2.75, 3.05) is 11.4 Å². The second kappa shape index (κ2) is 11.8. The van der Waals surface area contributed by atoms with Gasteiger partial charge in [-0.1, -0.05) is 6.07 Å². The fraction of sp³-hybridized carbons (Fsp3) is 0.571. The van der Waals surface area contributed by atoms with Crippen LogP contribution in [-0.2, 0) is 22.6 Å². The third-order valence-electron chi connectivity index (χ3n) is 8.13. The van der Waals surface area contributed by atoms with E-state index in [1.807, 2.05) is 0 Å². The van der Waals surface area contributed by atoms with E-state index >= 15 is 0 Å². The van der Waals surface area contributed by atoms with Crippen molar-refractivity contribution in [3.63, 3.8) is 0 Å². The van der Waals surface area contributed by atoms with Gasteiger partial charge in [0.25, 0.3) is 0 Å². The maximum atomic E-state index is 14.4. The molecule has 43 heavy (non-hydrogen) atoms. The second-order valence-corrected chi connectivity index (χ2v) is 13.6. The highest BCUT2D eigenvalue weighted by atomic mass is 32.2. The normalized spacial score (nSPS) is 22.5. The summed E-state index contributed by atoms with van der Waals surface area (Å²) in [6.07, 6.45) is -6.25. The number of carbonyl (C=O) groups is 1. The molecule has 0 unspecified atom stereocenters. The topological polar surface area (TPSA) is 96.8 Å². The Hall–Kier alpha value is -3.10. The number of carboxylic acid groups (broad SMARTS) is 1. The SMILES string of the molecule is C[C@H]1[C@@H](CCC(C)(F)F)CN(C2CCC(F)(F)CC2)c2cc(C(F)(F)F)c(OCc3cccnc3C(=O)O)cc2S1(=O)=O. The molecule has 1 aliphatic heterocycles. The molecule has 0 bridgehead atoms. The van der Waals surface area contributed by atoms with Crippen molar-refractivity contribution in [2.45, 2.75) is 93.2 Å². The van der Waals surface area contributed by atoms with Crippen LogP contribution in [0.3, 0.4) is 0 Å². The zero-order valence-corrected chi connectivity index (χ0v) is 24.1. The molecule has 1 fully saturated rings. The van der Waals surface area contributed by atoms with Crippen LogP contribution >= 0.6 is 0 Å². The highest BCUT2D eigenvalue weighted by Gasteiger charge is 2.46. The van der Waals surface area contributed by atoms with Crippen molar-refractivity contribution in [2.24, 2.45) is 5.92 Å². The van der Waals surface area contributed by atoms with Crippen LogP contribution in [0.15, 0.2) is 35.4 Å². The Labute approximate surface area is 244 Å². The standard InChI is InChI=1S/C28H31F7N2O5S/c1-16-17(5-8-26(2,29)30)14-37(19-6-9-27(31,32)10-7-19)21-12-20(28(33,34)35)22(13-23(21)43(16,40)41)42-15-18-4-3-11-36-24(18)25(38)39/h3-4,11-13,16-17,19H,5-10,14-15H2,1-2H3,(H,38,39)/t16-,17-/m0/s1. The van der Waals surface area contributed by atoms with Crippen LogP contribution < -0.4 is 9.64 Å². The van der Waals surface area contributed by atoms with E-state index in [1.54, 1.807) is 0 Å². The quantitative estimate of drug-likeness (QED) is 0.311. The predicted octanol–water partition coefficient (Wildman–Crippen LogP) is 6.99. The number of aromatic nitrogens is 1. The van der Waals surface area contributed by atoms with Gasteiger partial charge in [-0.05, 0) is 51.2 Å². The Morgan fingerprint density at radius 3 is 2.40 bits per heavy atom. The van der Waals surface area contributed by atoms with Gasteiger partial charge in [0.15, 0.2) is 15.5 Å². The molecule has 7 nitrogen and oxygen atoms in total. The van der Waals surface area contributed by atoms with Gasteiger partial charge >= 0.3 is 12.1 Å². The minimum Gasteiger partial charge on any atom is -0.488 e. The van der Waals surface area contributed by atoms with Crippen molar-refractivity contribution in [3.8, 4) is 5.75 Å². The number of benzene rings is 1. The summed E-state index contributed by atoms with van der Waals surface area (Å²) in [5, 5.41) is 8.06. The molecule has 238 valence electrons. The first-order chi connectivity index (χ1) is 19.8. The number of ether oxygens (including phenoxy) is 1. The van der Waals surface area contributed by atoms with Gasteiger partial charge in [0, 0.05) is 49.7 Å². The van der Waals surface area contributed by atoms with E-state index in [2.05, 4.69) is 4.98 Å². The summed E-state index contributed by atoms with van der Waals surface area (Å²) in [5.74, 6) is -9.41.